The number of benzene rings is 1. The van der Waals surface area contributed by atoms with Crippen LogP contribution >= 0.6 is 0 Å². The van der Waals surface area contributed by atoms with Crippen LogP contribution in [0.3, 0.4) is 0 Å². The molecular weight excluding hydrogens is 446 g/mol. The summed E-state index contributed by atoms with van der Waals surface area (Å²) in [5.74, 6) is 1.45. The van der Waals surface area contributed by atoms with E-state index in [9.17, 15) is 9.59 Å². The number of likely N-dealkylation sites (tertiary alicyclic amines) is 1. The zero-order valence-corrected chi connectivity index (χ0v) is 19.7. The van der Waals surface area contributed by atoms with Crippen molar-refractivity contribution in [2.75, 3.05) is 18.4 Å². The first-order chi connectivity index (χ1) is 17.0. The van der Waals surface area contributed by atoms with Crippen LogP contribution in [-0.2, 0) is 11.4 Å². The van der Waals surface area contributed by atoms with E-state index in [1.165, 1.54) is 0 Å². The van der Waals surface area contributed by atoms with Crippen molar-refractivity contribution < 1.29 is 18.8 Å². The van der Waals surface area contributed by atoms with Crippen molar-refractivity contribution >= 4 is 23.3 Å². The number of hydrogen-bond donors (Lipinski definition) is 1. The molecule has 0 saturated carbocycles. The zero-order valence-electron chi connectivity index (χ0n) is 19.7. The number of ether oxygens (including phenoxy) is 1. The minimum Gasteiger partial charge on any atom is -0.487 e. The molecule has 0 spiro atoms. The van der Waals surface area contributed by atoms with Crippen LogP contribution in [0.4, 0.5) is 5.82 Å². The summed E-state index contributed by atoms with van der Waals surface area (Å²) in [7, 11) is 0. The SMILES string of the molecule is Cc1cc(NC(=O)C2CCN(C(=O)c3ccc(OCc4cn5cccc(C)c5n4)cc3)CC2)no1. The first-order valence-corrected chi connectivity index (χ1v) is 11.7. The number of fused-ring (bicyclic) bond motifs is 1. The molecule has 1 N–H and O–H groups in total. The van der Waals surface area contributed by atoms with Crippen molar-refractivity contribution in [3.05, 3.63) is 77.4 Å². The van der Waals surface area contributed by atoms with Gasteiger partial charge < -0.3 is 23.9 Å². The number of imidazole rings is 1. The van der Waals surface area contributed by atoms with Crippen molar-refractivity contribution in [2.24, 2.45) is 5.92 Å². The van der Waals surface area contributed by atoms with Crippen molar-refractivity contribution in [1.29, 1.82) is 0 Å². The highest BCUT2D eigenvalue weighted by molar-refractivity contribution is 5.95. The van der Waals surface area contributed by atoms with Gasteiger partial charge in [0.1, 0.15) is 23.8 Å². The number of nitrogens with one attached hydrogen (secondary N) is 1. The molecule has 9 heteroatoms. The summed E-state index contributed by atoms with van der Waals surface area (Å²) in [6.07, 6.45) is 5.13. The smallest absolute Gasteiger partial charge is 0.253 e. The van der Waals surface area contributed by atoms with E-state index in [1.807, 2.05) is 35.9 Å². The molecule has 9 nitrogen and oxygen atoms in total. The second-order valence-corrected chi connectivity index (χ2v) is 8.85. The second kappa shape index (κ2) is 9.61. The maximum absolute atomic E-state index is 12.9. The highest BCUT2D eigenvalue weighted by Crippen LogP contribution is 2.22. The molecule has 0 bridgehead atoms. The van der Waals surface area contributed by atoms with Gasteiger partial charge in [-0.2, -0.15) is 0 Å². The van der Waals surface area contributed by atoms with Gasteiger partial charge in [-0.05, 0) is 62.6 Å². The summed E-state index contributed by atoms with van der Waals surface area (Å²) in [5.41, 5.74) is 3.46. The summed E-state index contributed by atoms with van der Waals surface area (Å²) in [4.78, 5) is 31.8. The van der Waals surface area contributed by atoms with Crippen molar-refractivity contribution in [2.45, 2.75) is 33.3 Å². The molecule has 4 heterocycles. The Morgan fingerprint density at radius 2 is 1.91 bits per heavy atom. The molecule has 2 amide bonds. The number of nitrogens with zero attached hydrogens (tertiary/aromatic N) is 4. The zero-order chi connectivity index (χ0) is 24.4. The van der Waals surface area contributed by atoms with Crippen LogP contribution < -0.4 is 10.1 Å². The van der Waals surface area contributed by atoms with Crippen LogP contribution in [-0.4, -0.2) is 44.3 Å². The third-order valence-electron chi connectivity index (χ3n) is 6.25. The fourth-order valence-electron chi connectivity index (χ4n) is 4.31. The Morgan fingerprint density at radius 1 is 1.14 bits per heavy atom. The molecule has 180 valence electrons. The Morgan fingerprint density at radius 3 is 2.60 bits per heavy atom. The minimum atomic E-state index is -0.157. The van der Waals surface area contributed by atoms with E-state index in [0.29, 0.717) is 55.4 Å². The van der Waals surface area contributed by atoms with Gasteiger partial charge in [0.25, 0.3) is 5.91 Å². The lowest BCUT2D eigenvalue weighted by molar-refractivity contribution is -0.121. The van der Waals surface area contributed by atoms with Crippen LogP contribution in [0.5, 0.6) is 5.75 Å². The average Bonchev–Trinajstić information content (AvgIpc) is 3.49. The lowest BCUT2D eigenvalue weighted by Crippen LogP contribution is -2.41. The average molecular weight is 474 g/mol. The molecule has 1 aromatic carbocycles. The van der Waals surface area contributed by atoms with E-state index in [-0.39, 0.29) is 17.7 Å². The van der Waals surface area contributed by atoms with E-state index in [4.69, 9.17) is 9.26 Å². The predicted octanol–water partition coefficient (Wildman–Crippen LogP) is 4.01. The minimum absolute atomic E-state index is 0.0432. The van der Waals surface area contributed by atoms with E-state index in [0.717, 1.165) is 16.9 Å². The summed E-state index contributed by atoms with van der Waals surface area (Å²) >= 11 is 0. The van der Waals surface area contributed by atoms with Crippen LogP contribution in [0.2, 0.25) is 0 Å². The number of piperidine rings is 1. The van der Waals surface area contributed by atoms with Gasteiger partial charge in [-0.25, -0.2) is 4.98 Å². The third kappa shape index (κ3) is 5.03. The number of hydrogen-bond acceptors (Lipinski definition) is 6. The van der Waals surface area contributed by atoms with Crippen molar-refractivity contribution in [3.8, 4) is 5.75 Å². The predicted molar refractivity (Wildman–Crippen MR) is 129 cm³/mol. The van der Waals surface area contributed by atoms with E-state index in [1.54, 1.807) is 42.2 Å². The summed E-state index contributed by atoms with van der Waals surface area (Å²) in [6, 6.07) is 12.8. The molecule has 1 fully saturated rings. The summed E-state index contributed by atoms with van der Waals surface area (Å²) in [6.45, 7) is 5.20. The molecule has 0 aliphatic carbocycles. The van der Waals surface area contributed by atoms with Gasteiger partial charge in [0, 0.05) is 43.0 Å². The lowest BCUT2D eigenvalue weighted by Gasteiger charge is -2.31. The lowest BCUT2D eigenvalue weighted by atomic mass is 9.95. The van der Waals surface area contributed by atoms with E-state index in [2.05, 4.69) is 15.5 Å². The van der Waals surface area contributed by atoms with Crippen LogP contribution in [0.1, 0.15) is 40.2 Å². The molecule has 0 unspecified atom stereocenters. The molecule has 5 rings (SSSR count). The largest absolute Gasteiger partial charge is 0.487 e. The van der Waals surface area contributed by atoms with E-state index >= 15 is 0 Å². The normalized spacial score (nSPS) is 14.3. The summed E-state index contributed by atoms with van der Waals surface area (Å²) in [5, 5.41) is 6.58. The molecule has 0 radical (unpaired) electrons. The van der Waals surface area contributed by atoms with Gasteiger partial charge >= 0.3 is 0 Å². The maximum atomic E-state index is 12.9. The number of rotatable bonds is 6. The Bertz CT molecular complexity index is 1350. The number of aryl methyl sites for hydroxylation is 2. The number of carbonyl (C=O) groups excluding carboxylic acids is 2. The van der Waals surface area contributed by atoms with Crippen molar-refractivity contribution in [1.82, 2.24) is 19.4 Å². The first kappa shape index (κ1) is 22.6. The molecule has 1 aliphatic rings. The number of carbonyl (C=O) groups is 2. The Balaban J connectivity index is 1.12. The van der Waals surface area contributed by atoms with Gasteiger partial charge in [0.15, 0.2) is 5.82 Å². The maximum Gasteiger partial charge on any atom is 0.253 e. The molecule has 35 heavy (non-hydrogen) atoms. The van der Waals surface area contributed by atoms with Crippen molar-refractivity contribution in [3.63, 3.8) is 0 Å². The fourth-order valence-corrected chi connectivity index (χ4v) is 4.31. The molecule has 1 saturated heterocycles. The highest BCUT2D eigenvalue weighted by Gasteiger charge is 2.28. The molecule has 3 aromatic heterocycles. The van der Waals surface area contributed by atoms with Gasteiger partial charge in [0.2, 0.25) is 5.91 Å². The topological polar surface area (TPSA) is 102 Å². The fraction of sp³-hybridized carbons (Fsp3) is 0.308. The second-order valence-electron chi connectivity index (χ2n) is 8.85. The van der Waals surface area contributed by atoms with Crippen LogP contribution in [0, 0.1) is 19.8 Å². The molecule has 4 aromatic rings. The number of amides is 2. The number of anilines is 1. The third-order valence-corrected chi connectivity index (χ3v) is 6.25. The molecular formula is C26H27N5O4. The first-order valence-electron chi connectivity index (χ1n) is 11.7. The summed E-state index contributed by atoms with van der Waals surface area (Å²) < 4.78 is 12.8. The Hall–Kier alpha value is -4.14. The number of aromatic nitrogens is 3. The van der Waals surface area contributed by atoms with Gasteiger partial charge in [0.05, 0.1) is 5.69 Å². The monoisotopic (exact) mass is 473 g/mol. The highest BCUT2D eigenvalue weighted by atomic mass is 16.5. The van der Waals surface area contributed by atoms with Crippen LogP contribution in [0.15, 0.2) is 59.4 Å². The Labute approximate surface area is 202 Å². The number of pyridine rings is 1. The standard InChI is InChI=1S/C26H27N5O4/c1-17-4-3-11-31-15-21(27-24(17)31)16-34-22-7-5-20(6-8-22)26(33)30-12-9-19(10-13-30)25(32)28-23-14-18(2)35-29-23/h3-8,11,14-15,19H,9-10,12-13,16H2,1-2H3,(H,28,29,32). The quantitative estimate of drug-likeness (QED) is 0.454. The molecule has 1 aliphatic heterocycles. The van der Waals surface area contributed by atoms with E-state index < -0.39 is 0 Å². The van der Waals surface area contributed by atoms with Crippen LogP contribution in [0.25, 0.3) is 5.65 Å². The van der Waals surface area contributed by atoms with Gasteiger partial charge in [-0.3, -0.25) is 9.59 Å². The Kier molecular flexibility index (Phi) is 6.22. The van der Waals surface area contributed by atoms with Gasteiger partial charge in [-0.1, -0.05) is 11.2 Å². The van der Waals surface area contributed by atoms with Gasteiger partial charge in [-0.15, -0.1) is 0 Å². The molecule has 0 atom stereocenters.